The number of nitrogens with zero attached hydrogens (tertiary/aromatic N) is 6. The Morgan fingerprint density at radius 2 is 2.31 bits per heavy atom. The van der Waals surface area contributed by atoms with Gasteiger partial charge >= 0.3 is 0 Å². The summed E-state index contributed by atoms with van der Waals surface area (Å²) in [6.07, 6.45) is 9.37. The van der Waals surface area contributed by atoms with E-state index in [2.05, 4.69) is 15.1 Å². The Bertz CT molecular complexity index is 1240. The summed E-state index contributed by atoms with van der Waals surface area (Å²) in [6, 6.07) is 0. The van der Waals surface area contributed by atoms with E-state index in [4.69, 9.17) is 9.40 Å². The molecule has 0 bridgehead atoms. The van der Waals surface area contributed by atoms with Crippen molar-refractivity contribution in [3.8, 4) is 0 Å². The third-order valence-corrected chi connectivity index (χ3v) is 5.49. The van der Waals surface area contributed by atoms with E-state index in [1.165, 1.54) is 17.3 Å². The highest BCUT2D eigenvalue weighted by Gasteiger charge is 2.19. The van der Waals surface area contributed by atoms with Gasteiger partial charge in [0.25, 0.3) is 5.56 Å². The zero-order valence-corrected chi connectivity index (χ0v) is 14.7. The van der Waals surface area contributed by atoms with Crippen LogP contribution in [0.1, 0.15) is 10.7 Å². The van der Waals surface area contributed by atoms with E-state index in [0.717, 1.165) is 33.0 Å². The number of allylic oxidation sites excluding steroid dienone is 1. The van der Waals surface area contributed by atoms with Gasteiger partial charge in [0.15, 0.2) is 12.0 Å². The summed E-state index contributed by atoms with van der Waals surface area (Å²) in [6.45, 7) is 1.02. The minimum absolute atomic E-state index is 0.164. The van der Waals surface area contributed by atoms with Gasteiger partial charge < -0.3 is 8.98 Å². The van der Waals surface area contributed by atoms with Crippen LogP contribution in [-0.2, 0) is 20.0 Å². The van der Waals surface area contributed by atoms with E-state index >= 15 is 0 Å². The average molecular weight is 366 g/mol. The summed E-state index contributed by atoms with van der Waals surface area (Å²) < 4.78 is 9.18. The molecule has 8 nitrogen and oxygen atoms in total. The molecule has 5 heterocycles. The van der Waals surface area contributed by atoms with Gasteiger partial charge in [0.05, 0.1) is 24.0 Å². The number of rotatable bonds is 4. The molecule has 0 amide bonds. The lowest BCUT2D eigenvalue weighted by Crippen LogP contribution is -2.24. The highest BCUT2D eigenvalue weighted by molar-refractivity contribution is 7.19. The Labute approximate surface area is 151 Å². The highest BCUT2D eigenvalue weighted by Crippen LogP contribution is 2.31. The average Bonchev–Trinajstić information content (AvgIpc) is 3.39. The van der Waals surface area contributed by atoms with Crippen LogP contribution in [0.3, 0.4) is 0 Å². The monoisotopic (exact) mass is 366 g/mol. The van der Waals surface area contributed by atoms with Crippen molar-refractivity contribution in [1.82, 2.24) is 24.3 Å². The second-order valence-electron chi connectivity index (χ2n) is 6.08. The van der Waals surface area contributed by atoms with E-state index in [0.29, 0.717) is 17.6 Å². The van der Waals surface area contributed by atoms with Crippen LogP contribution in [0.25, 0.3) is 21.3 Å². The molecule has 1 aliphatic rings. The fourth-order valence-corrected chi connectivity index (χ4v) is 4.29. The van der Waals surface area contributed by atoms with E-state index in [9.17, 15) is 4.79 Å². The predicted octanol–water partition coefficient (Wildman–Crippen LogP) is 1.93. The lowest BCUT2D eigenvalue weighted by Gasteiger charge is -2.03. The third-order valence-electron chi connectivity index (χ3n) is 4.41. The number of fused-ring (bicyclic) bond motifs is 3. The van der Waals surface area contributed by atoms with E-state index in [-0.39, 0.29) is 12.1 Å². The van der Waals surface area contributed by atoms with Crippen LogP contribution in [0.5, 0.6) is 0 Å². The summed E-state index contributed by atoms with van der Waals surface area (Å²) in [5.41, 5.74) is 2.94. The van der Waals surface area contributed by atoms with Crippen molar-refractivity contribution in [2.45, 2.75) is 13.0 Å². The van der Waals surface area contributed by atoms with Crippen LogP contribution >= 0.6 is 11.3 Å². The normalized spacial score (nSPS) is 14.0. The fourth-order valence-electron chi connectivity index (χ4n) is 3.17. The first kappa shape index (κ1) is 15.2. The Morgan fingerprint density at radius 1 is 1.38 bits per heavy atom. The maximum Gasteiger partial charge on any atom is 0.291 e. The smallest absolute Gasteiger partial charge is 0.291 e. The van der Waals surface area contributed by atoms with Gasteiger partial charge in [-0.3, -0.25) is 9.79 Å². The first-order valence-corrected chi connectivity index (χ1v) is 8.93. The molecule has 0 unspecified atom stereocenters. The first-order valence-electron chi connectivity index (χ1n) is 8.11. The summed E-state index contributed by atoms with van der Waals surface area (Å²) in [4.78, 5) is 26.1. The van der Waals surface area contributed by atoms with E-state index in [1.807, 2.05) is 23.8 Å². The van der Waals surface area contributed by atoms with Gasteiger partial charge in [-0.25, -0.2) is 14.6 Å². The van der Waals surface area contributed by atoms with Crippen molar-refractivity contribution in [3.05, 3.63) is 52.1 Å². The molecule has 0 atom stereocenters. The van der Waals surface area contributed by atoms with E-state index in [1.54, 1.807) is 17.5 Å². The summed E-state index contributed by atoms with van der Waals surface area (Å²) in [7, 11) is 1.86. The number of hydrogen-bond donors (Lipinski definition) is 0. The SMILES string of the molecule is Cn1c2nc(CC3=NCC=C3)sc2c2cnn(Cc3cocn3)c(=O)c21. The second-order valence-corrected chi connectivity index (χ2v) is 7.16. The number of oxazole rings is 1. The Balaban J connectivity index is 1.61. The zero-order chi connectivity index (χ0) is 17.7. The van der Waals surface area contributed by atoms with E-state index < -0.39 is 0 Å². The first-order chi connectivity index (χ1) is 12.7. The van der Waals surface area contributed by atoms with Crippen molar-refractivity contribution >= 4 is 38.3 Å². The van der Waals surface area contributed by atoms with Crippen molar-refractivity contribution in [2.75, 3.05) is 6.54 Å². The van der Waals surface area contributed by atoms with Crippen molar-refractivity contribution in [2.24, 2.45) is 12.0 Å². The minimum atomic E-state index is -0.164. The van der Waals surface area contributed by atoms with Crippen molar-refractivity contribution in [1.29, 1.82) is 0 Å². The molecular formula is C17H14N6O2S. The van der Waals surface area contributed by atoms with Gasteiger partial charge in [-0.15, -0.1) is 11.3 Å². The van der Waals surface area contributed by atoms with Gasteiger partial charge in [0, 0.05) is 24.6 Å². The number of aryl methyl sites for hydroxylation is 1. The fraction of sp³-hybridized carbons (Fsp3) is 0.235. The summed E-state index contributed by atoms with van der Waals surface area (Å²) in [5.74, 6) is 0. The molecule has 0 saturated carbocycles. The standard InChI is InChI=1S/C17H14N6O2S/c1-22-14-12(6-20-23(17(14)24)7-11-8-25-9-19-11)15-16(22)21-13(26-15)5-10-3-2-4-18-10/h2-3,6,8-9H,4-5,7H2,1H3. The molecule has 1 aliphatic heterocycles. The molecule has 5 rings (SSSR count). The molecule has 0 spiro atoms. The molecule has 0 fully saturated rings. The molecule has 26 heavy (non-hydrogen) atoms. The molecule has 130 valence electrons. The third kappa shape index (κ3) is 2.31. The number of thiazole rings is 1. The molecular weight excluding hydrogens is 352 g/mol. The largest absolute Gasteiger partial charge is 0.451 e. The van der Waals surface area contributed by atoms with Crippen LogP contribution in [0, 0.1) is 0 Å². The molecule has 0 saturated heterocycles. The highest BCUT2D eigenvalue weighted by atomic mass is 32.1. The Kier molecular flexibility index (Phi) is 3.35. The molecule has 0 aliphatic carbocycles. The lowest BCUT2D eigenvalue weighted by atomic mass is 10.3. The number of hydrogen-bond acceptors (Lipinski definition) is 7. The van der Waals surface area contributed by atoms with Crippen molar-refractivity contribution in [3.63, 3.8) is 0 Å². The second kappa shape index (κ2) is 5.73. The topological polar surface area (TPSA) is 91.1 Å². The zero-order valence-electron chi connectivity index (χ0n) is 13.9. The quantitative estimate of drug-likeness (QED) is 0.550. The van der Waals surface area contributed by atoms with Gasteiger partial charge in [0.1, 0.15) is 22.5 Å². The van der Waals surface area contributed by atoms with Crippen LogP contribution in [-0.4, -0.2) is 36.6 Å². The molecule has 4 aromatic rings. The van der Waals surface area contributed by atoms with Gasteiger partial charge in [-0.05, 0) is 6.08 Å². The molecule has 0 radical (unpaired) electrons. The Hall–Kier alpha value is -3.07. The van der Waals surface area contributed by atoms with Crippen LogP contribution in [0.15, 0.2) is 45.2 Å². The van der Waals surface area contributed by atoms with Crippen molar-refractivity contribution < 1.29 is 4.42 Å². The maximum absolute atomic E-state index is 12.9. The number of aliphatic imine (C=N–C) groups is 1. The predicted molar refractivity (Wildman–Crippen MR) is 98.9 cm³/mol. The minimum Gasteiger partial charge on any atom is -0.451 e. The summed E-state index contributed by atoms with van der Waals surface area (Å²) in [5, 5.41) is 6.13. The van der Waals surface area contributed by atoms with Crippen LogP contribution < -0.4 is 5.56 Å². The van der Waals surface area contributed by atoms with Gasteiger partial charge in [-0.2, -0.15) is 5.10 Å². The lowest BCUT2D eigenvalue weighted by molar-refractivity contribution is 0.553. The van der Waals surface area contributed by atoms with Crippen LogP contribution in [0.2, 0.25) is 0 Å². The molecule has 9 heteroatoms. The molecule has 4 aromatic heterocycles. The molecule has 0 aromatic carbocycles. The van der Waals surface area contributed by atoms with Gasteiger partial charge in [0.2, 0.25) is 0 Å². The summed E-state index contributed by atoms with van der Waals surface area (Å²) >= 11 is 1.59. The number of aromatic nitrogens is 5. The van der Waals surface area contributed by atoms with Crippen LogP contribution in [0.4, 0.5) is 0 Å². The molecule has 0 N–H and O–H groups in total. The maximum atomic E-state index is 12.9. The van der Waals surface area contributed by atoms with Gasteiger partial charge in [-0.1, -0.05) is 6.08 Å². The Morgan fingerprint density at radius 3 is 3.08 bits per heavy atom.